The summed E-state index contributed by atoms with van der Waals surface area (Å²) in [6.45, 7) is 1.81. The minimum absolute atomic E-state index is 0.174. The van der Waals surface area contributed by atoms with Crippen molar-refractivity contribution >= 4 is 11.6 Å². The average Bonchev–Trinajstić information content (AvgIpc) is 2.62. The molecule has 1 saturated carbocycles. The van der Waals surface area contributed by atoms with Crippen molar-refractivity contribution in [3.63, 3.8) is 0 Å². The monoisotopic (exact) mass is 265 g/mol. The van der Waals surface area contributed by atoms with Crippen LogP contribution < -0.4 is 5.32 Å². The standard InChI is InChI=1S/C15H20ClNO/c16-13-7-5-11(6-8-13)15-9-17-14-4-2-1-3-12(14)10-18-15/h5-8,12,14-15,17H,1-4,9-10H2. The number of benzene rings is 1. The highest BCUT2D eigenvalue weighted by Crippen LogP contribution is 2.30. The molecule has 1 aliphatic heterocycles. The minimum atomic E-state index is 0.174. The summed E-state index contributed by atoms with van der Waals surface area (Å²) in [6, 6.07) is 8.69. The van der Waals surface area contributed by atoms with Crippen LogP contribution in [0.5, 0.6) is 0 Å². The van der Waals surface area contributed by atoms with Crippen LogP contribution in [0, 0.1) is 5.92 Å². The van der Waals surface area contributed by atoms with Gasteiger partial charge in [0, 0.05) is 17.6 Å². The minimum Gasteiger partial charge on any atom is -0.372 e. The Morgan fingerprint density at radius 3 is 2.72 bits per heavy atom. The van der Waals surface area contributed by atoms with Gasteiger partial charge in [-0.15, -0.1) is 0 Å². The van der Waals surface area contributed by atoms with Crippen molar-refractivity contribution in [1.82, 2.24) is 5.32 Å². The van der Waals surface area contributed by atoms with E-state index in [2.05, 4.69) is 17.4 Å². The van der Waals surface area contributed by atoms with E-state index in [0.717, 1.165) is 18.2 Å². The quantitative estimate of drug-likeness (QED) is 0.838. The largest absolute Gasteiger partial charge is 0.372 e. The van der Waals surface area contributed by atoms with Crippen molar-refractivity contribution in [3.05, 3.63) is 34.9 Å². The fourth-order valence-corrected chi connectivity index (χ4v) is 3.25. The van der Waals surface area contributed by atoms with Crippen molar-refractivity contribution in [2.45, 2.75) is 37.8 Å². The number of fused-ring (bicyclic) bond motifs is 1. The lowest BCUT2D eigenvalue weighted by atomic mass is 9.85. The summed E-state index contributed by atoms with van der Waals surface area (Å²) >= 11 is 5.93. The van der Waals surface area contributed by atoms with Crippen LogP contribution in [0.4, 0.5) is 0 Å². The van der Waals surface area contributed by atoms with Gasteiger partial charge in [-0.25, -0.2) is 0 Å². The molecule has 1 aromatic carbocycles. The Balaban J connectivity index is 1.69. The summed E-state index contributed by atoms with van der Waals surface area (Å²) in [6.07, 6.45) is 5.51. The van der Waals surface area contributed by atoms with E-state index in [1.54, 1.807) is 0 Å². The summed E-state index contributed by atoms with van der Waals surface area (Å²) in [5.41, 5.74) is 1.23. The first-order valence-electron chi connectivity index (χ1n) is 6.93. The second-order valence-corrected chi connectivity index (χ2v) is 5.87. The van der Waals surface area contributed by atoms with Crippen molar-refractivity contribution < 1.29 is 4.74 Å². The number of hydrogen-bond acceptors (Lipinski definition) is 2. The van der Waals surface area contributed by atoms with Gasteiger partial charge in [0.2, 0.25) is 0 Å². The highest BCUT2D eigenvalue weighted by molar-refractivity contribution is 6.30. The molecule has 0 amide bonds. The first-order chi connectivity index (χ1) is 8.83. The molecule has 0 radical (unpaired) electrons. The zero-order valence-electron chi connectivity index (χ0n) is 10.6. The molecule has 3 atom stereocenters. The van der Waals surface area contributed by atoms with Crippen LogP contribution in [-0.2, 0) is 4.74 Å². The van der Waals surface area contributed by atoms with Gasteiger partial charge < -0.3 is 10.1 Å². The molecule has 0 spiro atoms. The molecule has 1 heterocycles. The Labute approximate surface area is 114 Å². The zero-order chi connectivity index (χ0) is 12.4. The molecule has 2 aliphatic rings. The van der Waals surface area contributed by atoms with E-state index >= 15 is 0 Å². The molecule has 18 heavy (non-hydrogen) atoms. The van der Waals surface area contributed by atoms with E-state index in [4.69, 9.17) is 16.3 Å². The molecule has 1 aliphatic carbocycles. The molecule has 3 heteroatoms. The summed E-state index contributed by atoms with van der Waals surface area (Å²) in [5.74, 6) is 0.705. The maximum absolute atomic E-state index is 6.09. The lowest BCUT2D eigenvalue weighted by molar-refractivity contribution is 0.0401. The number of ether oxygens (including phenoxy) is 1. The molecule has 98 valence electrons. The van der Waals surface area contributed by atoms with Gasteiger partial charge in [-0.05, 0) is 36.5 Å². The Bertz CT molecular complexity index is 376. The summed E-state index contributed by atoms with van der Waals surface area (Å²) < 4.78 is 6.09. The highest BCUT2D eigenvalue weighted by atomic mass is 35.5. The van der Waals surface area contributed by atoms with Crippen molar-refractivity contribution in [1.29, 1.82) is 0 Å². The van der Waals surface area contributed by atoms with E-state index in [9.17, 15) is 0 Å². The first kappa shape index (κ1) is 12.5. The van der Waals surface area contributed by atoms with E-state index in [1.807, 2.05) is 12.1 Å². The molecule has 0 aromatic heterocycles. The summed E-state index contributed by atoms with van der Waals surface area (Å²) in [5, 5.41) is 4.47. The van der Waals surface area contributed by atoms with Gasteiger partial charge in [-0.1, -0.05) is 36.6 Å². The van der Waals surface area contributed by atoms with Crippen LogP contribution in [0.15, 0.2) is 24.3 Å². The molecule has 3 unspecified atom stereocenters. The highest BCUT2D eigenvalue weighted by Gasteiger charge is 2.29. The molecule has 1 saturated heterocycles. The Hall–Kier alpha value is -0.570. The second kappa shape index (κ2) is 5.60. The molecule has 3 rings (SSSR count). The van der Waals surface area contributed by atoms with Crippen molar-refractivity contribution in [3.8, 4) is 0 Å². The van der Waals surface area contributed by atoms with Crippen LogP contribution >= 0.6 is 11.6 Å². The van der Waals surface area contributed by atoms with Gasteiger partial charge in [-0.3, -0.25) is 0 Å². The first-order valence-corrected chi connectivity index (χ1v) is 7.31. The van der Waals surface area contributed by atoms with Crippen LogP contribution in [0.1, 0.15) is 37.4 Å². The van der Waals surface area contributed by atoms with Crippen LogP contribution in [0.25, 0.3) is 0 Å². The molecular weight excluding hydrogens is 246 g/mol. The molecular formula is C15H20ClNO. The van der Waals surface area contributed by atoms with E-state index in [0.29, 0.717) is 12.0 Å². The van der Waals surface area contributed by atoms with Gasteiger partial charge >= 0.3 is 0 Å². The third-order valence-corrected chi connectivity index (χ3v) is 4.48. The van der Waals surface area contributed by atoms with E-state index in [-0.39, 0.29) is 6.10 Å². The number of nitrogens with one attached hydrogen (secondary N) is 1. The maximum atomic E-state index is 6.09. The van der Waals surface area contributed by atoms with E-state index < -0.39 is 0 Å². The van der Waals surface area contributed by atoms with Crippen LogP contribution in [0.2, 0.25) is 5.02 Å². The van der Waals surface area contributed by atoms with E-state index in [1.165, 1.54) is 31.2 Å². The SMILES string of the molecule is Clc1ccc(C2CNC3CCCCC3CO2)cc1. The molecule has 0 bridgehead atoms. The maximum Gasteiger partial charge on any atom is 0.0949 e. The Morgan fingerprint density at radius 2 is 1.89 bits per heavy atom. The average molecular weight is 266 g/mol. The number of rotatable bonds is 1. The predicted octanol–water partition coefficient (Wildman–Crippen LogP) is 3.56. The zero-order valence-corrected chi connectivity index (χ0v) is 11.3. The molecule has 1 N–H and O–H groups in total. The lowest BCUT2D eigenvalue weighted by Gasteiger charge is -2.29. The molecule has 2 nitrogen and oxygen atoms in total. The van der Waals surface area contributed by atoms with Crippen LogP contribution in [0.3, 0.4) is 0 Å². The van der Waals surface area contributed by atoms with Crippen molar-refractivity contribution in [2.75, 3.05) is 13.2 Å². The van der Waals surface area contributed by atoms with Gasteiger partial charge in [0.05, 0.1) is 12.7 Å². The fraction of sp³-hybridized carbons (Fsp3) is 0.600. The number of halogens is 1. The lowest BCUT2D eigenvalue weighted by Crippen LogP contribution is -2.38. The normalized spacial score (nSPS) is 32.6. The fourth-order valence-electron chi connectivity index (χ4n) is 3.12. The van der Waals surface area contributed by atoms with Gasteiger partial charge in [0.15, 0.2) is 0 Å². The van der Waals surface area contributed by atoms with Gasteiger partial charge in [0.25, 0.3) is 0 Å². The smallest absolute Gasteiger partial charge is 0.0949 e. The summed E-state index contributed by atoms with van der Waals surface area (Å²) in [4.78, 5) is 0. The molecule has 2 fully saturated rings. The third-order valence-electron chi connectivity index (χ3n) is 4.23. The number of hydrogen-bond donors (Lipinski definition) is 1. The topological polar surface area (TPSA) is 21.3 Å². The second-order valence-electron chi connectivity index (χ2n) is 5.43. The third kappa shape index (κ3) is 2.71. The predicted molar refractivity (Wildman–Crippen MR) is 73.9 cm³/mol. The Kier molecular flexibility index (Phi) is 3.88. The van der Waals surface area contributed by atoms with Crippen molar-refractivity contribution in [2.24, 2.45) is 5.92 Å². The summed E-state index contributed by atoms with van der Waals surface area (Å²) in [7, 11) is 0. The Morgan fingerprint density at radius 1 is 1.11 bits per heavy atom. The van der Waals surface area contributed by atoms with Gasteiger partial charge in [-0.2, -0.15) is 0 Å². The van der Waals surface area contributed by atoms with Gasteiger partial charge in [0.1, 0.15) is 0 Å². The van der Waals surface area contributed by atoms with Crippen LogP contribution in [-0.4, -0.2) is 19.2 Å². The molecule has 1 aromatic rings.